The number of thiazole rings is 1. The quantitative estimate of drug-likeness (QED) is 0.568. The lowest BCUT2D eigenvalue weighted by molar-refractivity contribution is -0.138. The number of hydrogen-bond donors (Lipinski definition) is 2. The molecular formula is C23H27N5O3S. The zero-order chi connectivity index (χ0) is 22.7. The Balaban J connectivity index is 1.37. The lowest BCUT2D eigenvalue weighted by Gasteiger charge is -2.25. The number of aromatic nitrogens is 2. The highest BCUT2D eigenvalue weighted by molar-refractivity contribution is 7.13. The normalized spacial score (nSPS) is 16.8. The number of nitrogens with two attached hydrogens (primary N) is 1. The van der Waals surface area contributed by atoms with Crippen molar-refractivity contribution in [3.05, 3.63) is 58.6 Å². The Labute approximate surface area is 190 Å². The number of benzene rings is 1. The van der Waals surface area contributed by atoms with Crippen LogP contribution in [0.25, 0.3) is 10.4 Å². The van der Waals surface area contributed by atoms with E-state index in [1.165, 1.54) is 0 Å². The fraction of sp³-hybridized carbons (Fsp3) is 0.391. The van der Waals surface area contributed by atoms with Gasteiger partial charge < -0.3 is 20.5 Å². The fourth-order valence-corrected chi connectivity index (χ4v) is 4.83. The zero-order valence-corrected chi connectivity index (χ0v) is 19.0. The number of likely N-dealkylation sites (tertiary alicyclic amines) is 1. The Kier molecular flexibility index (Phi) is 6.66. The highest BCUT2D eigenvalue weighted by Gasteiger charge is 2.35. The third-order valence-corrected chi connectivity index (χ3v) is 6.77. The van der Waals surface area contributed by atoms with Gasteiger partial charge in [-0.05, 0) is 37.8 Å². The van der Waals surface area contributed by atoms with Crippen LogP contribution in [0.5, 0.6) is 0 Å². The molecule has 0 radical (unpaired) electrons. The smallest absolute Gasteiger partial charge is 0.243 e. The minimum atomic E-state index is -0.471. The topological polar surface area (TPSA) is 114 Å². The Hall–Kier alpha value is -3.04. The van der Waals surface area contributed by atoms with Crippen molar-refractivity contribution in [2.45, 2.75) is 51.7 Å². The van der Waals surface area contributed by atoms with E-state index in [9.17, 15) is 9.59 Å². The number of carbonyl (C=O) groups is 2. The van der Waals surface area contributed by atoms with Gasteiger partial charge in [0.1, 0.15) is 11.8 Å². The molecule has 1 saturated heterocycles. The fourth-order valence-electron chi connectivity index (χ4n) is 4.02. The molecule has 3 aromatic rings. The van der Waals surface area contributed by atoms with Crippen molar-refractivity contribution in [1.82, 2.24) is 20.4 Å². The Morgan fingerprint density at radius 3 is 2.78 bits per heavy atom. The number of nitrogens with one attached hydrogen (secondary N) is 1. The summed E-state index contributed by atoms with van der Waals surface area (Å²) in [6.07, 6.45) is 1.52. The summed E-state index contributed by atoms with van der Waals surface area (Å²) in [7, 11) is 0. The van der Waals surface area contributed by atoms with Gasteiger partial charge >= 0.3 is 0 Å². The van der Waals surface area contributed by atoms with Gasteiger partial charge in [-0.2, -0.15) is 0 Å². The largest absolute Gasteiger partial charge is 0.361 e. The van der Waals surface area contributed by atoms with Crippen LogP contribution in [0.2, 0.25) is 0 Å². The van der Waals surface area contributed by atoms with E-state index < -0.39 is 6.04 Å². The molecule has 2 aromatic heterocycles. The molecular weight excluding hydrogens is 426 g/mol. The lowest BCUT2D eigenvalue weighted by atomic mass is 10.0. The molecule has 168 valence electrons. The van der Waals surface area contributed by atoms with Crippen LogP contribution in [0.3, 0.4) is 0 Å². The Morgan fingerprint density at radius 1 is 1.34 bits per heavy atom. The number of nitrogens with zero attached hydrogens (tertiary/aromatic N) is 3. The van der Waals surface area contributed by atoms with E-state index in [1.54, 1.807) is 22.3 Å². The maximum absolute atomic E-state index is 13.0. The van der Waals surface area contributed by atoms with Crippen LogP contribution < -0.4 is 11.1 Å². The van der Waals surface area contributed by atoms with E-state index in [-0.39, 0.29) is 30.8 Å². The molecule has 0 bridgehead atoms. The van der Waals surface area contributed by atoms with Gasteiger partial charge in [0.05, 0.1) is 34.2 Å². The molecule has 1 fully saturated rings. The minimum Gasteiger partial charge on any atom is -0.361 e. The third kappa shape index (κ3) is 4.73. The van der Waals surface area contributed by atoms with Gasteiger partial charge in [-0.25, -0.2) is 4.98 Å². The van der Waals surface area contributed by atoms with Gasteiger partial charge in [0.15, 0.2) is 0 Å². The molecule has 0 spiro atoms. The van der Waals surface area contributed by atoms with Gasteiger partial charge in [0, 0.05) is 19.2 Å². The molecule has 0 saturated carbocycles. The van der Waals surface area contributed by atoms with E-state index >= 15 is 0 Å². The average Bonchev–Trinajstić information content (AvgIpc) is 3.54. The molecule has 2 amide bonds. The number of carbonyl (C=O) groups excluding carboxylic acids is 2. The molecule has 32 heavy (non-hydrogen) atoms. The summed E-state index contributed by atoms with van der Waals surface area (Å²) in [6, 6.07) is 9.20. The van der Waals surface area contributed by atoms with Crippen LogP contribution in [0.4, 0.5) is 0 Å². The van der Waals surface area contributed by atoms with Crippen LogP contribution in [0, 0.1) is 6.92 Å². The van der Waals surface area contributed by atoms with Crippen molar-refractivity contribution < 1.29 is 14.1 Å². The van der Waals surface area contributed by atoms with E-state index in [4.69, 9.17) is 10.3 Å². The Morgan fingerprint density at radius 2 is 2.12 bits per heavy atom. The van der Waals surface area contributed by atoms with E-state index in [0.717, 1.165) is 28.1 Å². The highest BCUT2D eigenvalue weighted by atomic mass is 32.1. The number of amides is 2. The monoisotopic (exact) mass is 453 g/mol. The summed E-state index contributed by atoms with van der Waals surface area (Å²) in [5.74, 6) is 0.191. The first-order valence-corrected chi connectivity index (χ1v) is 11.6. The SMILES string of the molecule is Cc1ncsc1-c1ccc(C(C)NC(=O)C2CCCN2C(=O)Cc2cc(CN)no2)cc1. The zero-order valence-electron chi connectivity index (χ0n) is 18.2. The molecule has 2 unspecified atom stereocenters. The van der Waals surface area contributed by atoms with E-state index in [2.05, 4.69) is 27.6 Å². The van der Waals surface area contributed by atoms with Crippen molar-refractivity contribution in [2.24, 2.45) is 5.73 Å². The third-order valence-electron chi connectivity index (χ3n) is 5.80. The van der Waals surface area contributed by atoms with Gasteiger partial charge in [-0.1, -0.05) is 29.4 Å². The molecule has 3 heterocycles. The lowest BCUT2D eigenvalue weighted by Crippen LogP contribution is -2.47. The van der Waals surface area contributed by atoms with Crippen LogP contribution >= 0.6 is 11.3 Å². The first-order chi connectivity index (χ1) is 15.5. The van der Waals surface area contributed by atoms with Crippen molar-refractivity contribution in [3.8, 4) is 10.4 Å². The summed E-state index contributed by atoms with van der Waals surface area (Å²) in [5.41, 5.74) is 11.1. The summed E-state index contributed by atoms with van der Waals surface area (Å²) in [5, 5.41) is 6.89. The van der Waals surface area contributed by atoms with Crippen LogP contribution in [0.1, 0.15) is 48.5 Å². The molecule has 2 atom stereocenters. The van der Waals surface area contributed by atoms with Crippen molar-refractivity contribution >= 4 is 23.2 Å². The maximum atomic E-state index is 13.0. The molecule has 3 N–H and O–H groups in total. The maximum Gasteiger partial charge on any atom is 0.243 e. The summed E-state index contributed by atoms with van der Waals surface area (Å²) < 4.78 is 5.17. The predicted octanol–water partition coefficient (Wildman–Crippen LogP) is 2.98. The van der Waals surface area contributed by atoms with Gasteiger partial charge in [0.25, 0.3) is 0 Å². The molecule has 8 nitrogen and oxygen atoms in total. The molecule has 1 aromatic carbocycles. The van der Waals surface area contributed by atoms with Crippen LogP contribution in [-0.4, -0.2) is 39.4 Å². The predicted molar refractivity (Wildman–Crippen MR) is 122 cm³/mol. The van der Waals surface area contributed by atoms with Crippen LogP contribution in [0.15, 0.2) is 40.4 Å². The molecule has 4 rings (SSSR count). The van der Waals surface area contributed by atoms with Gasteiger partial charge in [-0.15, -0.1) is 11.3 Å². The molecule has 9 heteroatoms. The molecule has 1 aliphatic rings. The molecule has 1 aliphatic heterocycles. The standard InChI is InChI=1S/C23H27N5O3S/c1-14(16-5-7-17(8-6-16)22-15(2)25-13-32-22)26-23(30)20-4-3-9-28(20)21(29)11-19-10-18(12-24)27-31-19/h5-8,10,13-14,20H,3-4,9,11-12,24H2,1-2H3,(H,26,30). The first kappa shape index (κ1) is 22.2. The van der Waals surface area contributed by atoms with E-state index in [0.29, 0.717) is 24.4 Å². The summed E-state index contributed by atoms with van der Waals surface area (Å²) >= 11 is 1.62. The van der Waals surface area contributed by atoms with Crippen molar-refractivity contribution in [3.63, 3.8) is 0 Å². The number of aryl methyl sites for hydroxylation is 1. The minimum absolute atomic E-state index is 0.0742. The molecule has 0 aliphatic carbocycles. The van der Waals surface area contributed by atoms with Gasteiger partial charge in [-0.3, -0.25) is 9.59 Å². The summed E-state index contributed by atoms with van der Waals surface area (Å²) in [6.45, 7) is 4.77. The second kappa shape index (κ2) is 9.62. The number of rotatable bonds is 7. The van der Waals surface area contributed by atoms with Crippen molar-refractivity contribution in [1.29, 1.82) is 0 Å². The number of hydrogen-bond acceptors (Lipinski definition) is 7. The Bertz CT molecular complexity index is 1090. The second-order valence-electron chi connectivity index (χ2n) is 8.03. The second-order valence-corrected chi connectivity index (χ2v) is 8.88. The van der Waals surface area contributed by atoms with Crippen LogP contribution in [-0.2, 0) is 22.6 Å². The van der Waals surface area contributed by atoms with Crippen molar-refractivity contribution in [2.75, 3.05) is 6.54 Å². The average molecular weight is 454 g/mol. The first-order valence-electron chi connectivity index (χ1n) is 10.7. The van der Waals surface area contributed by atoms with E-state index in [1.807, 2.05) is 31.5 Å². The summed E-state index contributed by atoms with van der Waals surface area (Å²) in [4.78, 5) is 32.9. The highest BCUT2D eigenvalue weighted by Crippen LogP contribution is 2.28. The van der Waals surface area contributed by atoms with Gasteiger partial charge in [0.2, 0.25) is 11.8 Å².